The number of halogens is 1. The maximum Gasteiger partial charge on any atom is 0.291 e. The first kappa shape index (κ1) is 21.7. The van der Waals surface area contributed by atoms with Crippen LogP contribution in [-0.2, 0) is 4.79 Å². The highest BCUT2D eigenvalue weighted by atomic mass is 35.5. The van der Waals surface area contributed by atoms with Crippen molar-refractivity contribution in [3.05, 3.63) is 47.9 Å². The monoisotopic (exact) mass is 379 g/mol. The molecule has 0 spiro atoms. The molecule has 0 aliphatic carbocycles. The molecule has 0 aliphatic rings. The number of hydrogen-bond donors (Lipinski definition) is 3. The van der Waals surface area contributed by atoms with Gasteiger partial charge in [0.2, 0.25) is 5.91 Å². The van der Waals surface area contributed by atoms with Crippen molar-refractivity contribution in [2.45, 2.75) is 33.6 Å². The Labute approximate surface area is 159 Å². The van der Waals surface area contributed by atoms with Gasteiger partial charge in [0.25, 0.3) is 5.91 Å². The third-order valence-corrected chi connectivity index (χ3v) is 4.70. The highest BCUT2D eigenvalue weighted by Gasteiger charge is 2.33. The molecular weight excluding hydrogens is 354 g/mol. The van der Waals surface area contributed by atoms with Crippen molar-refractivity contribution in [2.75, 3.05) is 17.2 Å². The second-order valence-corrected chi connectivity index (χ2v) is 6.11. The van der Waals surface area contributed by atoms with E-state index in [1.165, 1.54) is 6.26 Å². The van der Waals surface area contributed by atoms with Crippen molar-refractivity contribution in [1.82, 2.24) is 0 Å². The molecule has 142 valence electrons. The maximum atomic E-state index is 12.6. The summed E-state index contributed by atoms with van der Waals surface area (Å²) >= 11 is 0. The number of nitrogens with two attached hydrogens (primary N) is 1. The molecule has 2 amide bonds. The zero-order chi connectivity index (χ0) is 18.4. The van der Waals surface area contributed by atoms with Crippen LogP contribution in [0.2, 0.25) is 0 Å². The predicted molar refractivity (Wildman–Crippen MR) is 106 cm³/mol. The highest BCUT2D eigenvalue weighted by Crippen LogP contribution is 2.28. The first-order chi connectivity index (χ1) is 12.0. The van der Waals surface area contributed by atoms with Crippen LogP contribution in [0.4, 0.5) is 11.4 Å². The van der Waals surface area contributed by atoms with Crippen molar-refractivity contribution in [3.63, 3.8) is 0 Å². The van der Waals surface area contributed by atoms with E-state index in [1.54, 1.807) is 24.3 Å². The molecule has 0 radical (unpaired) electrons. The van der Waals surface area contributed by atoms with Gasteiger partial charge in [-0.25, -0.2) is 0 Å². The number of carbonyl (C=O) groups excluding carboxylic acids is 2. The van der Waals surface area contributed by atoms with Crippen LogP contribution in [0.15, 0.2) is 41.0 Å². The summed E-state index contributed by atoms with van der Waals surface area (Å²) < 4.78 is 5.08. The lowest BCUT2D eigenvalue weighted by Gasteiger charge is -2.28. The molecule has 0 saturated carbocycles. The predicted octanol–water partition coefficient (Wildman–Crippen LogP) is 3.97. The molecular formula is C19H26ClN3O3. The van der Waals surface area contributed by atoms with E-state index in [4.69, 9.17) is 10.2 Å². The summed E-state index contributed by atoms with van der Waals surface area (Å²) in [5, 5.41) is 5.73. The number of hydrogen-bond acceptors (Lipinski definition) is 4. The van der Waals surface area contributed by atoms with Gasteiger partial charge in [0.05, 0.1) is 11.7 Å². The molecule has 1 aromatic carbocycles. The minimum absolute atomic E-state index is 0. The third-order valence-electron chi connectivity index (χ3n) is 4.70. The second kappa shape index (κ2) is 9.40. The largest absolute Gasteiger partial charge is 0.459 e. The zero-order valence-electron chi connectivity index (χ0n) is 15.3. The molecule has 1 heterocycles. The molecule has 6 nitrogen and oxygen atoms in total. The highest BCUT2D eigenvalue weighted by molar-refractivity contribution is 6.03. The van der Waals surface area contributed by atoms with Crippen molar-refractivity contribution in [1.29, 1.82) is 0 Å². The van der Waals surface area contributed by atoms with Crippen LogP contribution in [0.5, 0.6) is 0 Å². The van der Waals surface area contributed by atoms with Crippen LogP contribution in [0.3, 0.4) is 0 Å². The van der Waals surface area contributed by atoms with Crippen LogP contribution in [0.1, 0.15) is 42.8 Å². The fourth-order valence-corrected chi connectivity index (χ4v) is 2.69. The lowest BCUT2D eigenvalue weighted by Crippen LogP contribution is -2.41. The van der Waals surface area contributed by atoms with Gasteiger partial charge in [-0.15, -0.1) is 12.4 Å². The third kappa shape index (κ3) is 4.65. The Kier molecular flexibility index (Phi) is 7.86. The molecule has 4 N–H and O–H groups in total. The number of carbonyl (C=O) groups is 2. The number of furan rings is 1. The van der Waals surface area contributed by atoms with Gasteiger partial charge in [-0.2, -0.15) is 0 Å². The molecule has 0 unspecified atom stereocenters. The van der Waals surface area contributed by atoms with E-state index in [-0.39, 0.29) is 30.0 Å². The topological polar surface area (TPSA) is 97.4 Å². The summed E-state index contributed by atoms with van der Waals surface area (Å²) in [4.78, 5) is 24.6. The van der Waals surface area contributed by atoms with E-state index in [0.717, 1.165) is 5.56 Å². The van der Waals surface area contributed by atoms with Crippen LogP contribution >= 0.6 is 12.4 Å². The van der Waals surface area contributed by atoms with Crippen molar-refractivity contribution >= 4 is 35.6 Å². The summed E-state index contributed by atoms with van der Waals surface area (Å²) in [6.07, 6.45) is 2.82. The Morgan fingerprint density at radius 3 is 2.35 bits per heavy atom. The Morgan fingerprint density at radius 2 is 1.85 bits per heavy atom. The summed E-state index contributed by atoms with van der Waals surface area (Å²) in [6, 6.07) is 8.60. The van der Waals surface area contributed by atoms with Crippen molar-refractivity contribution in [3.8, 4) is 0 Å². The van der Waals surface area contributed by atoms with Gasteiger partial charge in [-0.1, -0.05) is 13.8 Å². The van der Waals surface area contributed by atoms with Gasteiger partial charge in [0.15, 0.2) is 5.76 Å². The maximum absolute atomic E-state index is 12.6. The standard InChI is InChI=1S/C19H25N3O3.ClH/c1-4-19(5-2,12-20)18(24)21-14-8-9-15(13(3)11-14)22-17(23)16-7-6-10-25-16;/h6-11H,4-5,12,20H2,1-3H3,(H,21,24)(H,22,23);1H. The summed E-state index contributed by atoms with van der Waals surface area (Å²) in [7, 11) is 0. The van der Waals surface area contributed by atoms with Crippen LogP contribution < -0.4 is 16.4 Å². The average Bonchev–Trinajstić information content (AvgIpc) is 3.14. The van der Waals surface area contributed by atoms with Gasteiger partial charge < -0.3 is 20.8 Å². The SMILES string of the molecule is CCC(CC)(CN)C(=O)Nc1ccc(NC(=O)c2ccco2)c(C)c1.Cl. The van der Waals surface area contributed by atoms with E-state index in [2.05, 4.69) is 10.6 Å². The molecule has 0 aliphatic heterocycles. The Balaban J connectivity index is 0.00000338. The number of aryl methyl sites for hydroxylation is 1. The quantitative estimate of drug-likeness (QED) is 0.678. The zero-order valence-corrected chi connectivity index (χ0v) is 16.1. The molecule has 1 aromatic heterocycles. The number of nitrogens with one attached hydrogen (secondary N) is 2. The molecule has 0 bridgehead atoms. The van der Waals surface area contributed by atoms with E-state index in [1.807, 2.05) is 26.8 Å². The minimum Gasteiger partial charge on any atom is -0.459 e. The van der Waals surface area contributed by atoms with Crippen LogP contribution in [0, 0.1) is 12.3 Å². The Hall–Kier alpha value is -2.31. The molecule has 2 rings (SSSR count). The number of rotatable bonds is 7. The summed E-state index contributed by atoms with van der Waals surface area (Å²) in [6.45, 7) is 6.11. The Bertz CT molecular complexity index is 732. The minimum atomic E-state index is -0.555. The lowest BCUT2D eigenvalue weighted by molar-refractivity contribution is -0.125. The van der Waals surface area contributed by atoms with Gasteiger partial charge >= 0.3 is 0 Å². The number of amides is 2. The lowest BCUT2D eigenvalue weighted by atomic mass is 9.81. The number of benzene rings is 1. The molecule has 0 saturated heterocycles. The average molecular weight is 380 g/mol. The van der Waals surface area contributed by atoms with Gasteiger partial charge in [-0.05, 0) is 55.7 Å². The van der Waals surface area contributed by atoms with Gasteiger partial charge in [-0.3, -0.25) is 9.59 Å². The van der Waals surface area contributed by atoms with Gasteiger partial charge in [0.1, 0.15) is 0 Å². The summed E-state index contributed by atoms with van der Waals surface area (Å²) in [5.74, 6) is -0.147. The van der Waals surface area contributed by atoms with Crippen molar-refractivity contribution < 1.29 is 14.0 Å². The normalized spacial score (nSPS) is 10.8. The first-order valence-corrected chi connectivity index (χ1v) is 8.42. The Morgan fingerprint density at radius 1 is 1.15 bits per heavy atom. The van der Waals surface area contributed by atoms with Crippen molar-refractivity contribution in [2.24, 2.45) is 11.1 Å². The first-order valence-electron chi connectivity index (χ1n) is 8.42. The number of anilines is 2. The molecule has 0 fully saturated rings. The second-order valence-electron chi connectivity index (χ2n) is 6.11. The smallest absolute Gasteiger partial charge is 0.291 e. The van der Waals surface area contributed by atoms with E-state index in [9.17, 15) is 9.59 Å². The van der Waals surface area contributed by atoms with Crippen LogP contribution in [-0.4, -0.2) is 18.4 Å². The van der Waals surface area contributed by atoms with E-state index >= 15 is 0 Å². The van der Waals surface area contributed by atoms with E-state index in [0.29, 0.717) is 30.8 Å². The van der Waals surface area contributed by atoms with Crippen LogP contribution in [0.25, 0.3) is 0 Å². The molecule has 26 heavy (non-hydrogen) atoms. The fourth-order valence-electron chi connectivity index (χ4n) is 2.69. The summed E-state index contributed by atoms with van der Waals surface area (Å²) in [5.41, 5.74) is 7.44. The van der Waals surface area contributed by atoms with Gasteiger partial charge in [0, 0.05) is 17.9 Å². The molecule has 7 heteroatoms. The fraction of sp³-hybridized carbons (Fsp3) is 0.368. The van der Waals surface area contributed by atoms with E-state index < -0.39 is 5.41 Å². The molecule has 2 aromatic rings. The molecule has 0 atom stereocenters.